The van der Waals surface area contributed by atoms with Gasteiger partial charge in [0.1, 0.15) is 17.1 Å². The number of rotatable bonds is 11. The van der Waals surface area contributed by atoms with Gasteiger partial charge in [-0.25, -0.2) is 4.79 Å². The Balaban J connectivity index is 0.00000420. The maximum atomic E-state index is 12.9. The second-order valence-corrected chi connectivity index (χ2v) is 9.96. The average Bonchev–Trinajstić information content (AvgIpc) is 2.95. The van der Waals surface area contributed by atoms with Crippen LogP contribution >= 0.6 is 24.2 Å². The van der Waals surface area contributed by atoms with Crippen LogP contribution in [-0.4, -0.2) is 75.3 Å². The molecule has 1 atom stereocenters. The van der Waals surface area contributed by atoms with Crippen LogP contribution in [0.5, 0.6) is 11.5 Å². The molecule has 1 unspecified atom stereocenters. The van der Waals surface area contributed by atoms with Gasteiger partial charge in [-0.15, -0.1) is 24.2 Å². The topological polar surface area (TPSA) is 93.1 Å². The Labute approximate surface area is 241 Å². The molecule has 0 aliphatic carbocycles. The Morgan fingerprint density at radius 2 is 1.82 bits per heavy atom. The second kappa shape index (κ2) is 15.6. The predicted octanol–water partition coefficient (Wildman–Crippen LogP) is 4.53. The van der Waals surface area contributed by atoms with Gasteiger partial charge in [0.2, 0.25) is 0 Å². The number of allylic oxidation sites excluding steroid dienone is 1. The largest absolute Gasteiger partial charge is 0.490 e. The lowest BCUT2D eigenvalue weighted by atomic mass is 9.97. The average molecular weight is 574 g/mol. The monoisotopic (exact) mass is 573 g/mol. The Morgan fingerprint density at radius 1 is 1.13 bits per heavy atom. The molecule has 0 radical (unpaired) electrons. The summed E-state index contributed by atoms with van der Waals surface area (Å²) >= 11 is 1.41. The highest BCUT2D eigenvalue weighted by molar-refractivity contribution is 8.03. The van der Waals surface area contributed by atoms with Gasteiger partial charge in [0.25, 0.3) is 0 Å². The van der Waals surface area contributed by atoms with Crippen molar-refractivity contribution in [1.29, 1.82) is 5.26 Å². The first-order valence-corrected chi connectivity index (χ1v) is 14.1. The van der Waals surface area contributed by atoms with Gasteiger partial charge in [-0.05, 0) is 50.1 Å². The molecule has 1 N–H and O–H groups in total. The summed E-state index contributed by atoms with van der Waals surface area (Å²) in [5, 5.41) is 13.6. The van der Waals surface area contributed by atoms with Gasteiger partial charge < -0.3 is 24.3 Å². The summed E-state index contributed by atoms with van der Waals surface area (Å²) in [5.41, 5.74) is 3.35. The van der Waals surface area contributed by atoms with Crippen LogP contribution in [0.25, 0.3) is 5.70 Å². The number of nitriles is 1. The standard InChI is InChI=1S/C29H35N3O5S.ClH/c1-3-35-25-16-22-10-11-31-28(24(22)17-26(25)36-4-2)27(18-30)38-20-23(19-32-12-14-34-15-13-32)37-29(33)21-8-6-5-7-9-21;/h5-9,16-17,23,31H,3-4,10-15,19-20H2,1-2H3;1H. The maximum Gasteiger partial charge on any atom is 0.338 e. The minimum absolute atomic E-state index is 0. The zero-order valence-electron chi connectivity index (χ0n) is 22.4. The molecule has 0 bridgehead atoms. The lowest BCUT2D eigenvalue weighted by Gasteiger charge is -2.30. The van der Waals surface area contributed by atoms with Crippen LogP contribution in [0.15, 0.2) is 47.4 Å². The molecule has 1 fully saturated rings. The molecule has 1 saturated heterocycles. The molecule has 4 rings (SSSR count). The fourth-order valence-electron chi connectivity index (χ4n) is 4.52. The smallest absolute Gasteiger partial charge is 0.338 e. The molecule has 2 aromatic rings. The third-order valence-electron chi connectivity index (χ3n) is 6.33. The van der Waals surface area contributed by atoms with Gasteiger partial charge in [-0.2, -0.15) is 5.26 Å². The highest BCUT2D eigenvalue weighted by atomic mass is 35.5. The first-order chi connectivity index (χ1) is 18.6. The third kappa shape index (κ3) is 8.29. The van der Waals surface area contributed by atoms with Crippen molar-refractivity contribution in [3.05, 3.63) is 64.1 Å². The number of nitrogens with one attached hydrogen (secondary N) is 1. The molecule has 2 heterocycles. The first-order valence-electron chi connectivity index (χ1n) is 13.1. The van der Waals surface area contributed by atoms with Crippen molar-refractivity contribution < 1.29 is 23.7 Å². The summed E-state index contributed by atoms with van der Waals surface area (Å²) in [4.78, 5) is 15.7. The fraction of sp³-hybridized carbons (Fsp3) is 0.448. The summed E-state index contributed by atoms with van der Waals surface area (Å²) in [6.45, 7) is 9.14. The normalized spacial score (nSPS) is 16.9. The van der Waals surface area contributed by atoms with Crippen LogP contribution in [0, 0.1) is 11.3 Å². The van der Waals surface area contributed by atoms with E-state index in [2.05, 4.69) is 16.3 Å². The molecule has 2 aliphatic rings. The van der Waals surface area contributed by atoms with Crippen molar-refractivity contribution >= 4 is 35.8 Å². The highest BCUT2D eigenvalue weighted by Crippen LogP contribution is 2.38. The molecule has 10 heteroatoms. The number of carbonyl (C=O) groups excluding carboxylic acids is 1. The minimum Gasteiger partial charge on any atom is -0.490 e. The number of carbonyl (C=O) groups is 1. The van der Waals surface area contributed by atoms with E-state index in [1.54, 1.807) is 12.1 Å². The van der Waals surface area contributed by atoms with Crippen molar-refractivity contribution in [3.63, 3.8) is 0 Å². The number of fused-ring (bicyclic) bond motifs is 1. The Morgan fingerprint density at radius 3 is 2.49 bits per heavy atom. The van der Waals surface area contributed by atoms with E-state index in [1.165, 1.54) is 11.8 Å². The van der Waals surface area contributed by atoms with Gasteiger partial charge >= 0.3 is 5.97 Å². The second-order valence-electron chi connectivity index (χ2n) is 8.93. The fourth-order valence-corrected chi connectivity index (χ4v) is 5.44. The number of esters is 1. The number of halogens is 1. The summed E-state index contributed by atoms with van der Waals surface area (Å²) in [5.74, 6) is 1.48. The van der Waals surface area contributed by atoms with Crippen molar-refractivity contribution in [2.24, 2.45) is 0 Å². The molecule has 2 aromatic carbocycles. The molecule has 8 nitrogen and oxygen atoms in total. The molecule has 210 valence electrons. The molecule has 2 aliphatic heterocycles. The number of hydrogen-bond donors (Lipinski definition) is 1. The summed E-state index contributed by atoms with van der Waals surface area (Å²) in [6, 6.07) is 15.4. The van der Waals surface area contributed by atoms with Crippen molar-refractivity contribution in [2.75, 3.05) is 58.4 Å². The van der Waals surface area contributed by atoms with E-state index in [1.807, 2.05) is 44.2 Å². The molecular weight excluding hydrogens is 538 g/mol. The number of morpholine rings is 1. The number of ether oxygens (including phenoxy) is 4. The highest BCUT2D eigenvalue weighted by Gasteiger charge is 2.25. The maximum absolute atomic E-state index is 12.9. The molecule has 0 amide bonds. The van der Waals surface area contributed by atoms with Gasteiger partial charge in [0.15, 0.2) is 11.5 Å². The van der Waals surface area contributed by atoms with Crippen LogP contribution in [0.4, 0.5) is 0 Å². The third-order valence-corrected chi connectivity index (χ3v) is 7.45. The molecule has 0 spiro atoms. The predicted molar refractivity (Wildman–Crippen MR) is 156 cm³/mol. The Kier molecular flexibility index (Phi) is 12.3. The number of thioether (sulfide) groups is 1. The van der Waals surface area contributed by atoms with Crippen LogP contribution in [0.3, 0.4) is 0 Å². The van der Waals surface area contributed by atoms with Gasteiger partial charge in [-0.1, -0.05) is 18.2 Å². The molecular formula is C29H36ClN3O5S. The summed E-state index contributed by atoms with van der Waals surface area (Å²) < 4.78 is 23.1. The Hall–Kier alpha value is -2.90. The van der Waals surface area contributed by atoms with Gasteiger partial charge in [0.05, 0.1) is 37.7 Å². The van der Waals surface area contributed by atoms with Crippen LogP contribution in [0.1, 0.15) is 35.3 Å². The van der Waals surface area contributed by atoms with Crippen LogP contribution < -0.4 is 14.8 Å². The van der Waals surface area contributed by atoms with Gasteiger partial charge in [0, 0.05) is 37.5 Å². The summed E-state index contributed by atoms with van der Waals surface area (Å²) in [6.07, 6.45) is 0.431. The van der Waals surface area contributed by atoms with Gasteiger partial charge in [-0.3, -0.25) is 4.90 Å². The van der Waals surface area contributed by atoms with Crippen LogP contribution in [-0.2, 0) is 15.9 Å². The van der Waals surface area contributed by atoms with E-state index < -0.39 is 6.10 Å². The van der Waals surface area contributed by atoms with E-state index >= 15 is 0 Å². The van der Waals surface area contributed by atoms with E-state index in [9.17, 15) is 10.1 Å². The van der Waals surface area contributed by atoms with Crippen molar-refractivity contribution in [1.82, 2.24) is 10.2 Å². The van der Waals surface area contributed by atoms with Crippen LogP contribution in [0.2, 0.25) is 0 Å². The summed E-state index contributed by atoms with van der Waals surface area (Å²) in [7, 11) is 0. The Bertz CT molecular complexity index is 1170. The molecule has 0 saturated carbocycles. The van der Waals surface area contributed by atoms with Crippen molar-refractivity contribution in [2.45, 2.75) is 26.4 Å². The number of hydrogen-bond acceptors (Lipinski definition) is 9. The number of nitrogens with zero attached hydrogens (tertiary/aromatic N) is 2. The van der Waals surface area contributed by atoms with E-state index in [4.69, 9.17) is 18.9 Å². The molecule has 0 aromatic heterocycles. The van der Waals surface area contributed by atoms with E-state index in [0.717, 1.165) is 42.1 Å². The zero-order valence-corrected chi connectivity index (χ0v) is 24.1. The SMILES string of the molecule is CCOc1cc2c(cc1OCC)C(=C(C#N)SCC(CN1CCOCC1)OC(=O)c1ccccc1)NCC2.Cl. The van der Waals surface area contributed by atoms with E-state index in [0.29, 0.717) is 61.5 Å². The zero-order chi connectivity index (χ0) is 26.7. The lowest BCUT2D eigenvalue weighted by Crippen LogP contribution is -2.43. The first kappa shape index (κ1) is 30.6. The quantitative estimate of drug-likeness (QED) is 0.307. The lowest BCUT2D eigenvalue weighted by molar-refractivity contribution is 0.00150. The van der Waals surface area contributed by atoms with E-state index in [-0.39, 0.29) is 18.4 Å². The minimum atomic E-state index is -0.392. The van der Waals surface area contributed by atoms with Crippen molar-refractivity contribution in [3.8, 4) is 17.6 Å². The molecule has 39 heavy (non-hydrogen) atoms. The number of benzene rings is 2.